The topological polar surface area (TPSA) is 216 Å². The standard InChI is InChI=1S/C21H28O13/c1-8-14(25)16(27)17(28)21(32-8)34-19-15(26)12(33-20(30)18(19)29)7-31-13(24)5-3-9-2-4-10(22)11(23)6-9/h2-6,8,12,14-23,25-30H,7H2,1H3/t8-,12+,14-,15+,16+,17+,18+,19-,20+,21-/m0/s1. The van der Waals surface area contributed by atoms with Crippen molar-refractivity contribution in [1.82, 2.24) is 0 Å². The Labute approximate surface area is 193 Å². The van der Waals surface area contributed by atoms with Crippen molar-refractivity contribution >= 4 is 12.0 Å². The van der Waals surface area contributed by atoms with Gasteiger partial charge in [-0.25, -0.2) is 4.79 Å². The average Bonchev–Trinajstić information content (AvgIpc) is 2.80. The van der Waals surface area contributed by atoms with Crippen molar-refractivity contribution in [2.24, 2.45) is 0 Å². The van der Waals surface area contributed by atoms with Crippen LogP contribution in [0, 0.1) is 0 Å². The quantitative estimate of drug-likeness (QED) is 0.116. The van der Waals surface area contributed by atoms with Gasteiger partial charge in [-0.1, -0.05) is 6.07 Å². The lowest BCUT2D eigenvalue weighted by Gasteiger charge is -2.45. The number of carbonyl (C=O) groups is 1. The second kappa shape index (κ2) is 10.9. The molecule has 10 atom stereocenters. The molecule has 34 heavy (non-hydrogen) atoms. The summed E-state index contributed by atoms with van der Waals surface area (Å²) in [4.78, 5) is 12.0. The molecule has 2 fully saturated rings. The minimum absolute atomic E-state index is 0.327. The third kappa shape index (κ3) is 5.83. The van der Waals surface area contributed by atoms with Gasteiger partial charge in [0.2, 0.25) is 0 Å². The molecule has 1 aromatic carbocycles. The van der Waals surface area contributed by atoms with Crippen LogP contribution < -0.4 is 0 Å². The number of ether oxygens (including phenoxy) is 4. The van der Waals surface area contributed by atoms with E-state index in [-0.39, 0.29) is 11.5 Å². The van der Waals surface area contributed by atoms with Crippen LogP contribution in [-0.2, 0) is 23.7 Å². The van der Waals surface area contributed by atoms with Crippen molar-refractivity contribution < 1.29 is 64.6 Å². The highest BCUT2D eigenvalue weighted by Gasteiger charge is 2.50. The number of aliphatic hydroxyl groups excluding tert-OH is 6. The number of rotatable bonds is 6. The fourth-order valence-corrected chi connectivity index (χ4v) is 3.52. The van der Waals surface area contributed by atoms with Crippen molar-refractivity contribution in [1.29, 1.82) is 0 Å². The van der Waals surface area contributed by atoms with Crippen molar-refractivity contribution in [3.63, 3.8) is 0 Å². The number of hydrogen-bond donors (Lipinski definition) is 8. The Hall–Kier alpha value is -2.33. The molecule has 0 aliphatic carbocycles. The third-order valence-electron chi connectivity index (χ3n) is 5.56. The molecule has 190 valence electrons. The highest BCUT2D eigenvalue weighted by atomic mass is 16.7. The fraction of sp³-hybridized carbons (Fsp3) is 0.571. The number of aromatic hydroxyl groups is 2. The van der Waals surface area contributed by atoms with Crippen molar-refractivity contribution in [3.05, 3.63) is 29.8 Å². The largest absolute Gasteiger partial charge is 0.504 e. The molecule has 0 aromatic heterocycles. The molecule has 3 rings (SSSR count). The van der Waals surface area contributed by atoms with Gasteiger partial charge in [-0.2, -0.15) is 0 Å². The molecule has 8 N–H and O–H groups in total. The molecule has 0 radical (unpaired) electrons. The summed E-state index contributed by atoms with van der Waals surface area (Å²) in [6, 6.07) is 3.88. The zero-order valence-electron chi connectivity index (χ0n) is 18.0. The Bertz CT molecular complexity index is 876. The molecular formula is C21H28O13. The maximum absolute atomic E-state index is 12.0. The fourth-order valence-electron chi connectivity index (χ4n) is 3.52. The lowest BCUT2D eigenvalue weighted by Crippen LogP contribution is -2.64. The number of phenols is 2. The van der Waals surface area contributed by atoms with Crippen molar-refractivity contribution in [2.45, 2.75) is 68.3 Å². The molecule has 1 aromatic rings. The minimum Gasteiger partial charge on any atom is -0.504 e. The molecule has 13 nitrogen and oxygen atoms in total. The number of esters is 1. The van der Waals surface area contributed by atoms with Crippen LogP contribution in [0.4, 0.5) is 0 Å². The van der Waals surface area contributed by atoms with Gasteiger partial charge >= 0.3 is 5.97 Å². The summed E-state index contributed by atoms with van der Waals surface area (Å²) in [5.41, 5.74) is 0.390. The zero-order valence-corrected chi connectivity index (χ0v) is 18.0. The van der Waals surface area contributed by atoms with E-state index in [1.54, 1.807) is 0 Å². The lowest BCUT2D eigenvalue weighted by molar-refractivity contribution is -0.352. The number of phenolic OH excluding ortho intramolecular Hbond substituents is 2. The molecule has 0 unspecified atom stereocenters. The van der Waals surface area contributed by atoms with E-state index in [0.717, 1.165) is 6.08 Å². The Morgan fingerprint density at radius 2 is 1.65 bits per heavy atom. The van der Waals surface area contributed by atoms with Crippen molar-refractivity contribution in [3.8, 4) is 11.5 Å². The third-order valence-corrected chi connectivity index (χ3v) is 5.56. The summed E-state index contributed by atoms with van der Waals surface area (Å²) >= 11 is 0. The number of carbonyl (C=O) groups excluding carboxylic acids is 1. The van der Waals surface area contributed by atoms with Crippen LogP contribution in [0.3, 0.4) is 0 Å². The van der Waals surface area contributed by atoms with Crippen molar-refractivity contribution in [2.75, 3.05) is 6.61 Å². The monoisotopic (exact) mass is 488 g/mol. The molecule has 0 saturated carbocycles. The maximum Gasteiger partial charge on any atom is 0.330 e. The first-order chi connectivity index (χ1) is 16.0. The van der Waals surface area contributed by atoms with Crippen LogP contribution in [-0.4, -0.2) is 115 Å². The van der Waals surface area contributed by atoms with Gasteiger partial charge in [0, 0.05) is 6.08 Å². The molecule has 2 aliphatic heterocycles. The molecule has 2 aliphatic rings. The first kappa shape index (κ1) is 26.3. The summed E-state index contributed by atoms with van der Waals surface area (Å²) < 4.78 is 20.8. The van der Waals surface area contributed by atoms with Gasteiger partial charge in [-0.05, 0) is 30.7 Å². The molecule has 13 heteroatoms. The van der Waals surface area contributed by atoms with Gasteiger partial charge < -0.3 is 59.8 Å². The van der Waals surface area contributed by atoms with E-state index < -0.39 is 74.0 Å². The predicted octanol–water partition coefficient (Wildman–Crippen LogP) is -2.69. The van der Waals surface area contributed by atoms with E-state index >= 15 is 0 Å². The van der Waals surface area contributed by atoms with Gasteiger partial charge in [0.25, 0.3) is 0 Å². The Morgan fingerprint density at radius 3 is 2.32 bits per heavy atom. The molecule has 0 bridgehead atoms. The molecule has 0 amide bonds. The Morgan fingerprint density at radius 1 is 0.941 bits per heavy atom. The van der Waals surface area contributed by atoms with Crippen LogP contribution in [0.2, 0.25) is 0 Å². The first-order valence-corrected chi connectivity index (χ1v) is 10.4. The van der Waals surface area contributed by atoms with Gasteiger partial charge in [-0.3, -0.25) is 0 Å². The highest BCUT2D eigenvalue weighted by Crippen LogP contribution is 2.29. The summed E-state index contributed by atoms with van der Waals surface area (Å²) in [6.45, 7) is 0.859. The SMILES string of the molecule is C[C@@H]1O[C@@H](O[C@@H]2[C@@H](O)[C@H](O)O[C@H](COC(=O)C=Cc3ccc(O)c(O)c3)[C@H]2O)[C@H](O)[C@H](O)[C@H]1O. The summed E-state index contributed by atoms with van der Waals surface area (Å²) in [6.07, 6.45) is -13.1. The minimum atomic E-state index is -1.85. The number of benzene rings is 1. The summed E-state index contributed by atoms with van der Waals surface area (Å²) in [5, 5.41) is 79.3. The van der Waals surface area contributed by atoms with Crippen LogP contribution in [0.5, 0.6) is 11.5 Å². The highest BCUT2D eigenvalue weighted by molar-refractivity contribution is 5.87. The van der Waals surface area contributed by atoms with Gasteiger partial charge in [0.05, 0.1) is 6.10 Å². The van der Waals surface area contributed by atoms with E-state index in [0.29, 0.717) is 5.56 Å². The smallest absolute Gasteiger partial charge is 0.330 e. The maximum atomic E-state index is 12.0. The van der Waals surface area contributed by atoms with Gasteiger partial charge in [0.1, 0.15) is 49.3 Å². The first-order valence-electron chi connectivity index (χ1n) is 10.4. The molecule has 2 heterocycles. The average molecular weight is 488 g/mol. The Balaban J connectivity index is 1.60. The van der Waals surface area contributed by atoms with E-state index in [1.807, 2.05) is 0 Å². The molecule has 2 saturated heterocycles. The van der Waals surface area contributed by atoms with E-state index in [9.17, 15) is 45.6 Å². The number of hydrogen-bond acceptors (Lipinski definition) is 13. The summed E-state index contributed by atoms with van der Waals surface area (Å²) in [7, 11) is 0. The van der Waals surface area contributed by atoms with Gasteiger partial charge in [-0.15, -0.1) is 0 Å². The lowest BCUT2D eigenvalue weighted by atomic mass is 9.97. The zero-order chi connectivity index (χ0) is 25.2. The van der Waals surface area contributed by atoms with Crippen LogP contribution in [0.1, 0.15) is 12.5 Å². The van der Waals surface area contributed by atoms with Gasteiger partial charge in [0.15, 0.2) is 24.1 Å². The van der Waals surface area contributed by atoms with Crippen LogP contribution >= 0.6 is 0 Å². The Kier molecular flexibility index (Phi) is 8.46. The second-order valence-corrected chi connectivity index (χ2v) is 8.04. The normalized spacial score (nSPS) is 38.7. The van der Waals surface area contributed by atoms with E-state index in [4.69, 9.17) is 18.9 Å². The van der Waals surface area contributed by atoms with E-state index in [1.165, 1.54) is 31.2 Å². The predicted molar refractivity (Wildman–Crippen MR) is 110 cm³/mol. The van der Waals surface area contributed by atoms with E-state index in [2.05, 4.69) is 0 Å². The second-order valence-electron chi connectivity index (χ2n) is 8.04. The molecule has 0 spiro atoms. The van der Waals surface area contributed by atoms with Crippen LogP contribution in [0.25, 0.3) is 6.08 Å². The van der Waals surface area contributed by atoms with Crippen LogP contribution in [0.15, 0.2) is 24.3 Å². The summed E-state index contributed by atoms with van der Waals surface area (Å²) in [5.74, 6) is -1.57. The number of aliphatic hydroxyl groups is 6. The molecular weight excluding hydrogens is 460 g/mol.